The van der Waals surface area contributed by atoms with Crippen molar-refractivity contribution in [2.45, 2.75) is 19.8 Å². The maximum Gasteiger partial charge on any atom is 0.241 e. The third-order valence-corrected chi connectivity index (χ3v) is 6.07. The lowest BCUT2D eigenvalue weighted by atomic mass is 9.36. The Labute approximate surface area is 200 Å². The second kappa shape index (κ2) is 9.83. The van der Waals surface area contributed by atoms with Gasteiger partial charge in [0.25, 0.3) is 0 Å². The van der Waals surface area contributed by atoms with Crippen molar-refractivity contribution in [2.24, 2.45) is 9.98 Å². The van der Waals surface area contributed by atoms with Crippen LogP contribution >= 0.6 is 0 Å². The molecule has 6 heteroatoms. The normalized spacial score (nSPS) is 12.5. The van der Waals surface area contributed by atoms with Crippen molar-refractivity contribution in [1.29, 1.82) is 0 Å². The molecule has 166 valence electrons. The monoisotopic (exact) mass is 443 g/mol. The number of hydrogen-bond donors (Lipinski definition) is 1. The Morgan fingerprint density at radius 1 is 0.971 bits per heavy atom. The van der Waals surface area contributed by atoms with Crippen LogP contribution in [0.25, 0.3) is 11.0 Å². The molecule has 1 aliphatic heterocycles. The molecule has 34 heavy (non-hydrogen) atoms. The summed E-state index contributed by atoms with van der Waals surface area (Å²) in [7, 11) is 0. The van der Waals surface area contributed by atoms with Crippen LogP contribution in [0, 0.1) is 0 Å². The van der Waals surface area contributed by atoms with E-state index in [0.717, 1.165) is 47.5 Å². The van der Waals surface area contributed by atoms with Gasteiger partial charge in [0, 0.05) is 24.8 Å². The number of hydrogen-bond acceptors (Lipinski definition) is 5. The second-order valence-electron chi connectivity index (χ2n) is 8.36. The fourth-order valence-electron chi connectivity index (χ4n) is 4.53. The number of benzene rings is 3. The highest BCUT2D eigenvalue weighted by molar-refractivity contribution is 6.95. The Bertz CT molecular complexity index is 1410. The Morgan fingerprint density at radius 3 is 2.59 bits per heavy atom. The van der Waals surface area contributed by atoms with Crippen LogP contribution in [0.15, 0.2) is 89.6 Å². The number of rotatable bonds is 7. The van der Waals surface area contributed by atoms with E-state index in [-0.39, 0.29) is 6.71 Å². The number of anilines is 1. The molecule has 2 heterocycles. The molecule has 0 bridgehead atoms. The van der Waals surface area contributed by atoms with Crippen LogP contribution in [-0.4, -0.2) is 35.7 Å². The fraction of sp³-hybridized carbons (Fsp3) is 0.143. The number of aliphatic imine (C=N–C) groups is 2. The SMILES string of the molecule is C=C/C=N\c1ccc(B(c2ccc3c(c2)N=CCN3)c2ccc3nccnc3c2)cc1CCC. The maximum atomic E-state index is 4.63. The quantitative estimate of drug-likeness (QED) is 0.345. The number of allylic oxidation sites excluding steroid dienone is 1. The molecule has 0 amide bonds. The van der Waals surface area contributed by atoms with Crippen LogP contribution in [0.3, 0.4) is 0 Å². The first-order chi connectivity index (χ1) is 16.8. The zero-order valence-corrected chi connectivity index (χ0v) is 19.3. The predicted molar refractivity (Wildman–Crippen MR) is 146 cm³/mol. The number of nitrogens with one attached hydrogen (secondary N) is 1. The number of aryl methyl sites for hydroxylation is 1. The molecule has 0 fully saturated rings. The lowest BCUT2D eigenvalue weighted by Gasteiger charge is -2.20. The summed E-state index contributed by atoms with van der Waals surface area (Å²) >= 11 is 0. The van der Waals surface area contributed by atoms with E-state index >= 15 is 0 Å². The van der Waals surface area contributed by atoms with E-state index in [4.69, 9.17) is 0 Å². The highest BCUT2D eigenvalue weighted by Crippen LogP contribution is 2.25. The van der Waals surface area contributed by atoms with Crippen molar-refractivity contribution in [3.63, 3.8) is 0 Å². The van der Waals surface area contributed by atoms with Crippen LogP contribution in [-0.2, 0) is 6.42 Å². The Hall–Kier alpha value is -4.06. The van der Waals surface area contributed by atoms with Gasteiger partial charge in [0.05, 0.1) is 34.6 Å². The van der Waals surface area contributed by atoms with Crippen molar-refractivity contribution < 1.29 is 0 Å². The van der Waals surface area contributed by atoms with Gasteiger partial charge in [0.1, 0.15) is 0 Å². The number of nitrogens with zero attached hydrogens (tertiary/aromatic N) is 4. The molecule has 5 rings (SSSR count). The van der Waals surface area contributed by atoms with Gasteiger partial charge in [0.2, 0.25) is 6.71 Å². The molecule has 1 N–H and O–H groups in total. The standard InChI is InChI=1S/C28H26BN5/c1-3-5-20-17-21(6-9-24(20)30-12-4-2)29(22-7-10-25-27(18-22)33-15-13-31-25)23-8-11-26-28(19-23)34-16-14-32-26/h4,6-13,15-19,32H,2-3,5,14H2,1H3/b30-12-. The van der Waals surface area contributed by atoms with Crippen molar-refractivity contribution in [1.82, 2.24) is 9.97 Å². The summed E-state index contributed by atoms with van der Waals surface area (Å²) in [5.41, 5.74) is 9.63. The molecule has 1 aromatic heterocycles. The van der Waals surface area contributed by atoms with Crippen LogP contribution in [0.5, 0.6) is 0 Å². The van der Waals surface area contributed by atoms with E-state index in [2.05, 4.69) is 93.4 Å². The molecule has 4 aromatic rings. The van der Waals surface area contributed by atoms with Crippen molar-refractivity contribution in [3.05, 3.63) is 85.2 Å². The van der Waals surface area contributed by atoms with Gasteiger partial charge >= 0.3 is 0 Å². The lowest BCUT2D eigenvalue weighted by Crippen LogP contribution is -2.52. The van der Waals surface area contributed by atoms with Crippen LogP contribution in [0.2, 0.25) is 0 Å². The van der Waals surface area contributed by atoms with Gasteiger partial charge in [-0.05, 0) is 42.3 Å². The highest BCUT2D eigenvalue weighted by Gasteiger charge is 2.24. The molecule has 0 saturated carbocycles. The average molecular weight is 443 g/mol. The zero-order chi connectivity index (χ0) is 23.3. The highest BCUT2D eigenvalue weighted by atomic mass is 15.0. The maximum absolute atomic E-state index is 4.63. The molecule has 0 radical (unpaired) electrons. The molecule has 0 spiro atoms. The van der Waals surface area contributed by atoms with Crippen molar-refractivity contribution in [3.8, 4) is 0 Å². The van der Waals surface area contributed by atoms with Gasteiger partial charge in [-0.25, -0.2) is 0 Å². The molecule has 0 aliphatic carbocycles. The van der Waals surface area contributed by atoms with Crippen LogP contribution in [0.4, 0.5) is 17.1 Å². The summed E-state index contributed by atoms with van der Waals surface area (Å²) in [5, 5.41) is 3.39. The van der Waals surface area contributed by atoms with Crippen LogP contribution in [0.1, 0.15) is 18.9 Å². The van der Waals surface area contributed by atoms with Crippen molar-refractivity contribution >= 4 is 63.6 Å². The molecule has 3 aromatic carbocycles. The summed E-state index contributed by atoms with van der Waals surface area (Å²) in [6.45, 7) is 6.74. The smallest absolute Gasteiger partial charge is 0.241 e. The largest absolute Gasteiger partial charge is 0.378 e. The first-order valence-corrected chi connectivity index (χ1v) is 11.7. The van der Waals surface area contributed by atoms with E-state index in [1.807, 2.05) is 6.21 Å². The molecule has 0 atom stereocenters. The van der Waals surface area contributed by atoms with Gasteiger partial charge in [0.15, 0.2) is 0 Å². The molecular weight excluding hydrogens is 417 g/mol. The molecule has 1 aliphatic rings. The van der Waals surface area contributed by atoms with E-state index < -0.39 is 0 Å². The zero-order valence-electron chi connectivity index (χ0n) is 19.3. The summed E-state index contributed by atoms with van der Waals surface area (Å²) in [6.07, 6.45) is 10.9. The van der Waals surface area contributed by atoms with Gasteiger partial charge in [-0.3, -0.25) is 20.0 Å². The minimum Gasteiger partial charge on any atom is -0.378 e. The second-order valence-corrected chi connectivity index (χ2v) is 8.36. The lowest BCUT2D eigenvalue weighted by molar-refractivity contribution is 0.923. The summed E-state index contributed by atoms with van der Waals surface area (Å²) in [5.74, 6) is 0. The molecular formula is C28H26BN5. The molecule has 0 unspecified atom stereocenters. The van der Waals surface area contributed by atoms with Gasteiger partial charge in [-0.15, -0.1) is 0 Å². The summed E-state index contributed by atoms with van der Waals surface area (Å²) in [4.78, 5) is 18.2. The minimum atomic E-state index is 0.0295. The number of aromatic nitrogens is 2. The van der Waals surface area contributed by atoms with E-state index in [1.54, 1.807) is 24.7 Å². The molecule has 5 nitrogen and oxygen atoms in total. The first-order valence-electron chi connectivity index (χ1n) is 11.7. The van der Waals surface area contributed by atoms with Crippen molar-refractivity contribution in [2.75, 3.05) is 11.9 Å². The fourth-order valence-corrected chi connectivity index (χ4v) is 4.53. The predicted octanol–water partition coefficient (Wildman–Crippen LogP) is 4.11. The van der Waals surface area contributed by atoms with Crippen LogP contribution < -0.4 is 21.7 Å². The van der Waals surface area contributed by atoms with E-state index in [0.29, 0.717) is 0 Å². The number of fused-ring (bicyclic) bond motifs is 2. The third kappa shape index (κ3) is 4.39. The first kappa shape index (κ1) is 21.8. The topological polar surface area (TPSA) is 62.5 Å². The summed E-state index contributed by atoms with van der Waals surface area (Å²) < 4.78 is 0. The average Bonchev–Trinajstić information content (AvgIpc) is 2.88. The van der Waals surface area contributed by atoms with E-state index in [1.165, 1.54) is 22.0 Å². The van der Waals surface area contributed by atoms with Gasteiger partial charge < -0.3 is 5.32 Å². The Morgan fingerprint density at radius 2 is 1.74 bits per heavy atom. The third-order valence-electron chi connectivity index (χ3n) is 6.07. The molecule has 0 saturated heterocycles. The van der Waals surface area contributed by atoms with Gasteiger partial charge in [-0.1, -0.05) is 66.7 Å². The summed E-state index contributed by atoms with van der Waals surface area (Å²) in [6, 6.07) is 19.5. The van der Waals surface area contributed by atoms with E-state index in [9.17, 15) is 0 Å². The Balaban J connectivity index is 1.68. The minimum absolute atomic E-state index is 0.0295. The Kier molecular flexibility index (Phi) is 6.30. The van der Waals surface area contributed by atoms with Gasteiger partial charge in [-0.2, -0.15) is 0 Å².